The van der Waals surface area contributed by atoms with Crippen LogP contribution in [-0.4, -0.2) is 47.6 Å². The van der Waals surface area contributed by atoms with E-state index in [0.29, 0.717) is 23.8 Å². The van der Waals surface area contributed by atoms with E-state index < -0.39 is 5.60 Å². The monoisotopic (exact) mass is 498 g/mol. The molecule has 0 saturated heterocycles. The fraction of sp³-hybridized carbons (Fsp3) is 0.286. The smallest absolute Gasteiger partial charge is 0.251 e. The van der Waals surface area contributed by atoms with E-state index in [0.717, 1.165) is 46.2 Å². The summed E-state index contributed by atoms with van der Waals surface area (Å²) in [4.78, 5) is 17.5. The van der Waals surface area contributed by atoms with Gasteiger partial charge in [-0.3, -0.25) is 19.6 Å². The highest BCUT2D eigenvalue weighted by Crippen LogP contribution is 2.32. The van der Waals surface area contributed by atoms with Crippen molar-refractivity contribution in [3.8, 4) is 11.3 Å². The van der Waals surface area contributed by atoms with Crippen LogP contribution in [0.15, 0.2) is 60.9 Å². The fourth-order valence-electron chi connectivity index (χ4n) is 5.41. The third kappa shape index (κ3) is 4.58. The van der Waals surface area contributed by atoms with Gasteiger partial charge in [0, 0.05) is 39.8 Å². The van der Waals surface area contributed by atoms with Crippen molar-refractivity contribution < 1.29 is 14.3 Å². The summed E-state index contributed by atoms with van der Waals surface area (Å²) in [5, 5.41) is 27.9. The average molecular weight is 499 g/mol. The number of aromatic amines is 1. The van der Waals surface area contributed by atoms with Crippen LogP contribution in [0.25, 0.3) is 33.1 Å². The summed E-state index contributed by atoms with van der Waals surface area (Å²) in [6.07, 6.45) is 5.94. The average Bonchev–Trinajstić information content (AvgIpc) is 3.47. The summed E-state index contributed by atoms with van der Waals surface area (Å²) < 4.78 is 15.3. The van der Waals surface area contributed by atoms with Gasteiger partial charge in [0.15, 0.2) is 0 Å². The zero-order valence-electron chi connectivity index (χ0n) is 20.4. The Bertz CT molecular complexity index is 1630. The predicted molar refractivity (Wildman–Crippen MR) is 138 cm³/mol. The van der Waals surface area contributed by atoms with Crippen LogP contribution in [0.2, 0.25) is 0 Å². The van der Waals surface area contributed by atoms with Crippen molar-refractivity contribution in [3.63, 3.8) is 0 Å². The molecule has 2 aromatic carbocycles. The Morgan fingerprint density at radius 1 is 1.24 bits per heavy atom. The lowest BCUT2D eigenvalue weighted by atomic mass is 9.81. The third-order valence-corrected chi connectivity index (χ3v) is 7.20. The maximum absolute atomic E-state index is 13.6. The molecule has 1 amide bonds. The minimum atomic E-state index is -1.02. The molecular formula is C28H27FN6O2. The molecule has 9 heteroatoms. The topological polar surface area (TPSA) is 109 Å². The fourth-order valence-corrected chi connectivity index (χ4v) is 5.41. The molecule has 37 heavy (non-hydrogen) atoms. The normalized spacial score (nSPS) is 19.9. The van der Waals surface area contributed by atoms with Crippen molar-refractivity contribution >= 4 is 27.7 Å². The zero-order valence-corrected chi connectivity index (χ0v) is 20.4. The lowest BCUT2D eigenvalue weighted by Gasteiger charge is -2.37. The molecule has 2 atom stereocenters. The molecule has 0 aliphatic heterocycles. The predicted octanol–water partition coefficient (Wildman–Crippen LogP) is 4.53. The lowest BCUT2D eigenvalue weighted by molar-refractivity contribution is -0.0227. The van der Waals surface area contributed by atoms with Gasteiger partial charge in [-0.1, -0.05) is 0 Å². The summed E-state index contributed by atoms with van der Waals surface area (Å²) in [5.41, 5.74) is 3.73. The largest absolute Gasteiger partial charge is 0.388 e. The van der Waals surface area contributed by atoms with Gasteiger partial charge in [0.1, 0.15) is 11.5 Å². The van der Waals surface area contributed by atoms with E-state index in [9.17, 15) is 14.3 Å². The van der Waals surface area contributed by atoms with Gasteiger partial charge >= 0.3 is 0 Å². The molecule has 8 nitrogen and oxygen atoms in total. The highest BCUT2D eigenvalue weighted by molar-refractivity contribution is 6.01. The number of hydrogen-bond donors (Lipinski definition) is 3. The molecular weight excluding hydrogens is 471 g/mol. The number of nitrogens with one attached hydrogen (secondary N) is 2. The molecule has 1 fully saturated rings. The molecule has 0 spiro atoms. The van der Waals surface area contributed by atoms with Crippen LogP contribution in [0.1, 0.15) is 41.7 Å². The Morgan fingerprint density at radius 3 is 3.00 bits per heavy atom. The van der Waals surface area contributed by atoms with Crippen LogP contribution in [0.5, 0.6) is 0 Å². The number of halogens is 1. The van der Waals surface area contributed by atoms with Gasteiger partial charge in [-0.25, -0.2) is 4.39 Å². The summed E-state index contributed by atoms with van der Waals surface area (Å²) in [6.45, 7) is 2.21. The maximum Gasteiger partial charge on any atom is 0.251 e. The quantitative estimate of drug-likeness (QED) is 0.330. The van der Waals surface area contributed by atoms with Crippen LogP contribution in [0.3, 0.4) is 0 Å². The minimum Gasteiger partial charge on any atom is -0.388 e. The van der Waals surface area contributed by atoms with Crippen LogP contribution < -0.4 is 5.32 Å². The number of benzene rings is 2. The molecule has 5 aromatic rings. The van der Waals surface area contributed by atoms with Gasteiger partial charge < -0.3 is 10.4 Å². The van der Waals surface area contributed by atoms with E-state index in [4.69, 9.17) is 0 Å². The molecule has 0 radical (unpaired) electrons. The second-order valence-corrected chi connectivity index (χ2v) is 10.0. The number of nitrogens with zero attached hydrogens (tertiary/aromatic N) is 4. The molecule has 6 rings (SSSR count). The van der Waals surface area contributed by atoms with Gasteiger partial charge in [0.25, 0.3) is 5.91 Å². The standard InChI is InChI=1S/C28H27FN6O2/c1-17-11-18(8-10-30-17)26-23-13-19(4-6-24(23)33-34-26)27(36)32-22-3-2-9-28(37,14-22)16-35-25-7-5-21(29)12-20(25)15-31-35/h4-8,10-13,15,22,37H,2-3,9,14,16H2,1H3,(H,32,36)(H,33,34)/t22-,28+/m1/s1. The van der Waals surface area contributed by atoms with Crippen LogP contribution in [0.4, 0.5) is 4.39 Å². The summed E-state index contributed by atoms with van der Waals surface area (Å²) in [7, 11) is 0. The Kier molecular flexibility index (Phi) is 5.72. The summed E-state index contributed by atoms with van der Waals surface area (Å²) >= 11 is 0. The highest BCUT2D eigenvalue weighted by atomic mass is 19.1. The number of fused-ring (bicyclic) bond motifs is 2. The van der Waals surface area contributed by atoms with E-state index >= 15 is 0 Å². The molecule has 3 heterocycles. The highest BCUT2D eigenvalue weighted by Gasteiger charge is 2.36. The first kappa shape index (κ1) is 23.3. The number of H-pyrrole nitrogens is 1. The molecule has 1 aliphatic rings. The number of carbonyl (C=O) groups is 1. The number of amides is 1. The third-order valence-electron chi connectivity index (χ3n) is 7.20. The van der Waals surface area contributed by atoms with Crippen molar-refractivity contribution in [2.75, 3.05) is 0 Å². The molecule has 1 saturated carbocycles. The van der Waals surface area contributed by atoms with Gasteiger partial charge in [0.2, 0.25) is 0 Å². The Morgan fingerprint density at radius 2 is 2.14 bits per heavy atom. The van der Waals surface area contributed by atoms with Crippen LogP contribution >= 0.6 is 0 Å². The number of aliphatic hydroxyl groups is 1. The molecule has 188 valence electrons. The molecule has 3 aromatic heterocycles. The van der Waals surface area contributed by atoms with Gasteiger partial charge in [-0.15, -0.1) is 0 Å². The first-order chi connectivity index (χ1) is 17.9. The number of pyridine rings is 1. The lowest BCUT2D eigenvalue weighted by Crippen LogP contribution is -2.47. The van der Waals surface area contributed by atoms with Gasteiger partial charge in [0.05, 0.1) is 29.4 Å². The number of aromatic nitrogens is 5. The van der Waals surface area contributed by atoms with E-state index in [1.165, 1.54) is 12.1 Å². The van der Waals surface area contributed by atoms with Crippen molar-refractivity contribution in [1.82, 2.24) is 30.3 Å². The first-order valence-corrected chi connectivity index (χ1v) is 12.4. The Hall–Kier alpha value is -4.11. The van der Waals surface area contributed by atoms with E-state index in [-0.39, 0.29) is 24.3 Å². The molecule has 0 unspecified atom stereocenters. The van der Waals surface area contributed by atoms with Crippen molar-refractivity contribution in [2.45, 2.75) is 50.8 Å². The van der Waals surface area contributed by atoms with Crippen molar-refractivity contribution in [1.29, 1.82) is 0 Å². The van der Waals surface area contributed by atoms with Crippen LogP contribution in [0, 0.1) is 12.7 Å². The van der Waals surface area contributed by atoms with Crippen LogP contribution in [-0.2, 0) is 6.54 Å². The minimum absolute atomic E-state index is 0.173. The van der Waals surface area contributed by atoms with E-state index in [1.807, 2.05) is 31.2 Å². The van der Waals surface area contributed by atoms with E-state index in [2.05, 4.69) is 25.6 Å². The zero-order chi connectivity index (χ0) is 25.6. The molecule has 3 N–H and O–H groups in total. The molecule has 0 bridgehead atoms. The molecule has 1 aliphatic carbocycles. The Balaban J connectivity index is 1.19. The number of hydrogen-bond acceptors (Lipinski definition) is 5. The van der Waals surface area contributed by atoms with Gasteiger partial charge in [-0.05, 0) is 81.1 Å². The second-order valence-electron chi connectivity index (χ2n) is 10.0. The first-order valence-electron chi connectivity index (χ1n) is 12.4. The summed E-state index contributed by atoms with van der Waals surface area (Å²) in [5.74, 6) is -0.503. The number of rotatable bonds is 5. The SMILES string of the molecule is Cc1cc(-c2n[nH]c3ccc(C(=O)N[C@@H]4CCC[C@@](O)(Cn5ncc6cc(F)ccc65)C4)cc23)ccn1. The van der Waals surface area contributed by atoms with E-state index in [1.54, 1.807) is 29.2 Å². The summed E-state index contributed by atoms with van der Waals surface area (Å²) in [6, 6.07) is 13.7. The Labute approximate surface area is 212 Å². The van der Waals surface area contributed by atoms with Crippen molar-refractivity contribution in [3.05, 3.63) is 78.0 Å². The number of aryl methyl sites for hydroxylation is 1. The number of carbonyl (C=O) groups excluding carboxylic acids is 1. The second kappa shape index (κ2) is 9.08. The van der Waals surface area contributed by atoms with Crippen molar-refractivity contribution in [2.24, 2.45) is 0 Å². The maximum atomic E-state index is 13.6. The van der Waals surface area contributed by atoms with Gasteiger partial charge in [-0.2, -0.15) is 10.2 Å².